The fourth-order valence-corrected chi connectivity index (χ4v) is 3.34. The Bertz CT molecular complexity index is 238. The van der Waals surface area contributed by atoms with Gasteiger partial charge in [-0.2, -0.15) is 5.10 Å². The van der Waals surface area contributed by atoms with Crippen molar-refractivity contribution in [2.24, 2.45) is 0 Å². The number of nitrogens with zero attached hydrogens (tertiary/aromatic N) is 1. The Balaban J connectivity index is 3.21. The Morgan fingerprint density at radius 1 is 1.18 bits per heavy atom. The van der Waals surface area contributed by atoms with Gasteiger partial charge in [-0.05, 0) is 32.6 Å². The minimum absolute atomic E-state index is 0.615. The van der Waals surface area contributed by atoms with Gasteiger partial charge in [-0.25, -0.2) is 10.0 Å². The van der Waals surface area contributed by atoms with Gasteiger partial charge in [0.05, 0.1) is 5.69 Å². The molecule has 0 fully saturated rings. The third kappa shape index (κ3) is 1.59. The molecule has 0 spiro atoms. The van der Waals surface area contributed by atoms with E-state index in [1.807, 2.05) is 0 Å². The summed E-state index contributed by atoms with van der Waals surface area (Å²) < 4.78 is 0. The number of aryl methyl sites for hydroxylation is 2. The molecular weight excluding hydrogens is 156 g/mol. The summed E-state index contributed by atoms with van der Waals surface area (Å²) >= 11 is 0. The topological polar surface area (TPSA) is 28.7 Å². The average molecular weight is 172 g/mol. The molecule has 0 radical (unpaired) electrons. The molecule has 0 aliphatic heterocycles. The summed E-state index contributed by atoms with van der Waals surface area (Å²) in [7, 11) is -0.615. The van der Waals surface area contributed by atoms with Crippen LogP contribution < -0.4 is 0 Å². The SMILES string of the molecule is Cc1n[nH]c(C)c1S(C)(C)C. The third-order valence-electron chi connectivity index (χ3n) is 1.67. The predicted octanol–water partition coefficient (Wildman–Crippen LogP) is 2.08. The van der Waals surface area contributed by atoms with Gasteiger partial charge >= 0.3 is 0 Å². The van der Waals surface area contributed by atoms with Gasteiger partial charge in [0, 0.05) is 10.6 Å². The summed E-state index contributed by atoms with van der Waals surface area (Å²) in [6, 6.07) is 0. The van der Waals surface area contributed by atoms with E-state index in [2.05, 4.69) is 42.8 Å². The molecule has 64 valence electrons. The number of aromatic amines is 1. The van der Waals surface area contributed by atoms with Crippen LogP contribution in [0.25, 0.3) is 0 Å². The third-order valence-corrected chi connectivity index (χ3v) is 3.50. The maximum Gasteiger partial charge on any atom is 0.0714 e. The van der Waals surface area contributed by atoms with Crippen LogP contribution in [0.2, 0.25) is 0 Å². The average Bonchev–Trinajstić information content (AvgIpc) is 2.08. The van der Waals surface area contributed by atoms with E-state index in [0.717, 1.165) is 5.69 Å². The lowest BCUT2D eigenvalue weighted by Crippen LogP contribution is -1.95. The summed E-state index contributed by atoms with van der Waals surface area (Å²) in [4.78, 5) is 1.43. The van der Waals surface area contributed by atoms with Gasteiger partial charge in [0.25, 0.3) is 0 Å². The highest BCUT2D eigenvalue weighted by atomic mass is 32.3. The van der Waals surface area contributed by atoms with E-state index in [1.165, 1.54) is 10.6 Å². The Labute approximate surface area is 69.7 Å². The fourth-order valence-electron chi connectivity index (χ4n) is 1.44. The zero-order chi connectivity index (χ0) is 8.65. The largest absolute Gasteiger partial charge is 0.281 e. The molecule has 0 aromatic carbocycles. The molecule has 0 unspecified atom stereocenters. The zero-order valence-electron chi connectivity index (χ0n) is 7.86. The number of H-pyrrole nitrogens is 1. The molecule has 0 aliphatic carbocycles. The fraction of sp³-hybridized carbons (Fsp3) is 0.625. The molecule has 1 rings (SSSR count). The maximum atomic E-state index is 4.18. The monoisotopic (exact) mass is 172 g/mol. The van der Waals surface area contributed by atoms with Crippen LogP contribution >= 0.6 is 10.0 Å². The van der Waals surface area contributed by atoms with Crippen LogP contribution in [0, 0.1) is 13.8 Å². The minimum Gasteiger partial charge on any atom is -0.281 e. The Hall–Kier alpha value is -0.440. The molecular formula is C8H16N2S. The van der Waals surface area contributed by atoms with Crippen molar-refractivity contribution < 1.29 is 0 Å². The summed E-state index contributed by atoms with van der Waals surface area (Å²) in [5.74, 6) is 0. The van der Waals surface area contributed by atoms with Gasteiger partial charge < -0.3 is 0 Å². The Morgan fingerprint density at radius 2 is 1.73 bits per heavy atom. The van der Waals surface area contributed by atoms with Crippen LogP contribution in [0.1, 0.15) is 11.4 Å². The first kappa shape index (κ1) is 8.65. The summed E-state index contributed by atoms with van der Waals surface area (Å²) in [5.41, 5.74) is 2.38. The van der Waals surface area contributed by atoms with Crippen molar-refractivity contribution in [2.45, 2.75) is 18.7 Å². The number of hydrogen-bond donors (Lipinski definition) is 1. The second-order valence-corrected chi connectivity index (χ2v) is 7.68. The quantitative estimate of drug-likeness (QED) is 0.690. The number of rotatable bonds is 1. The molecule has 1 heterocycles. The number of aromatic nitrogens is 2. The summed E-state index contributed by atoms with van der Waals surface area (Å²) in [6.45, 7) is 4.16. The van der Waals surface area contributed by atoms with E-state index in [-0.39, 0.29) is 0 Å². The van der Waals surface area contributed by atoms with Crippen molar-refractivity contribution in [1.82, 2.24) is 10.2 Å². The van der Waals surface area contributed by atoms with E-state index >= 15 is 0 Å². The van der Waals surface area contributed by atoms with Crippen molar-refractivity contribution in [1.29, 1.82) is 0 Å². The van der Waals surface area contributed by atoms with Gasteiger partial charge in [0.15, 0.2) is 0 Å². The highest BCUT2D eigenvalue weighted by molar-refractivity contribution is 8.32. The number of hydrogen-bond acceptors (Lipinski definition) is 1. The van der Waals surface area contributed by atoms with Crippen molar-refractivity contribution >= 4 is 10.0 Å². The highest BCUT2D eigenvalue weighted by Crippen LogP contribution is 2.47. The van der Waals surface area contributed by atoms with Gasteiger partial charge in [0.1, 0.15) is 0 Å². The molecule has 0 saturated carbocycles. The highest BCUT2D eigenvalue weighted by Gasteiger charge is 2.15. The Kier molecular flexibility index (Phi) is 2.01. The van der Waals surface area contributed by atoms with Crippen molar-refractivity contribution in [3.05, 3.63) is 11.4 Å². The lowest BCUT2D eigenvalue weighted by Gasteiger charge is -2.25. The van der Waals surface area contributed by atoms with Gasteiger partial charge in [-0.1, -0.05) is 0 Å². The van der Waals surface area contributed by atoms with E-state index in [1.54, 1.807) is 0 Å². The van der Waals surface area contributed by atoms with Crippen LogP contribution in [0.15, 0.2) is 4.90 Å². The Morgan fingerprint density at radius 3 is 1.91 bits per heavy atom. The van der Waals surface area contributed by atoms with Gasteiger partial charge in [0.2, 0.25) is 0 Å². The second kappa shape index (κ2) is 2.55. The molecule has 0 bridgehead atoms. The standard InChI is InChI=1S/C8H16N2S/c1-6-8(11(3,4)5)7(2)10-9-6/h1-5H3,(H,9,10). The smallest absolute Gasteiger partial charge is 0.0714 e. The normalized spacial score (nSPS) is 13.5. The molecule has 0 atom stereocenters. The van der Waals surface area contributed by atoms with Crippen LogP contribution in [0.5, 0.6) is 0 Å². The van der Waals surface area contributed by atoms with Crippen LogP contribution in [-0.4, -0.2) is 29.0 Å². The molecule has 1 N–H and O–H groups in total. The van der Waals surface area contributed by atoms with E-state index in [9.17, 15) is 0 Å². The maximum absolute atomic E-state index is 4.18. The summed E-state index contributed by atoms with van der Waals surface area (Å²) in [6.07, 6.45) is 6.87. The molecule has 2 nitrogen and oxygen atoms in total. The van der Waals surface area contributed by atoms with E-state index < -0.39 is 10.0 Å². The molecule has 0 aliphatic rings. The summed E-state index contributed by atoms with van der Waals surface area (Å²) in [5, 5.41) is 7.19. The molecule has 1 aromatic heterocycles. The first-order valence-corrected chi connectivity index (χ1v) is 6.48. The first-order valence-electron chi connectivity index (χ1n) is 3.63. The van der Waals surface area contributed by atoms with E-state index in [0.29, 0.717) is 0 Å². The lowest BCUT2D eigenvalue weighted by atomic mass is 10.4. The molecule has 1 aromatic rings. The van der Waals surface area contributed by atoms with Crippen LogP contribution in [-0.2, 0) is 0 Å². The van der Waals surface area contributed by atoms with Crippen LogP contribution in [0.3, 0.4) is 0 Å². The lowest BCUT2D eigenvalue weighted by molar-refractivity contribution is 1.02. The zero-order valence-corrected chi connectivity index (χ0v) is 8.67. The van der Waals surface area contributed by atoms with Crippen molar-refractivity contribution in [3.8, 4) is 0 Å². The van der Waals surface area contributed by atoms with Gasteiger partial charge in [-0.15, -0.1) is 0 Å². The molecule has 11 heavy (non-hydrogen) atoms. The number of nitrogens with one attached hydrogen (secondary N) is 1. The van der Waals surface area contributed by atoms with Crippen molar-refractivity contribution in [3.63, 3.8) is 0 Å². The second-order valence-electron chi connectivity index (χ2n) is 3.60. The molecule has 0 amide bonds. The van der Waals surface area contributed by atoms with Gasteiger partial charge in [-0.3, -0.25) is 5.10 Å². The van der Waals surface area contributed by atoms with Crippen molar-refractivity contribution in [2.75, 3.05) is 18.8 Å². The minimum atomic E-state index is -0.615. The van der Waals surface area contributed by atoms with Crippen LogP contribution in [0.4, 0.5) is 0 Å². The molecule has 3 heteroatoms. The first-order chi connectivity index (χ1) is 4.93. The predicted molar refractivity (Wildman–Crippen MR) is 51.7 cm³/mol. The van der Waals surface area contributed by atoms with E-state index in [4.69, 9.17) is 0 Å². The molecule has 0 saturated heterocycles.